The molecule has 0 bridgehead atoms. The van der Waals surface area contributed by atoms with Gasteiger partial charge in [-0.15, -0.1) is 11.6 Å². The SMILES string of the molecule is CC(Cl)COP1(=O)CC(O)C(O)C1. The van der Waals surface area contributed by atoms with Crippen molar-refractivity contribution in [2.24, 2.45) is 0 Å². The van der Waals surface area contributed by atoms with E-state index in [4.69, 9.17) is 26.3 Å². The third kappa shape index (κ3) is 3.22. The smallest absolute Gasteiger partial charge is 0.208 e. The highest BCUT2D eigenvalue weighted by molar-refractivity contribution is 7.59. The maximum atomic E-state index is 11.7. The second kappa shape index (κ2) is 4.28. The minimum Gasteiger partial charge on any atom is -0.390 e. The van der Waals surface area contributed by atoms with E-state index in [2.05, 4.69) is 0 Å². The van der Waals surface area contributed by atoms with Crippen molar-refractivity contribution in [1.29, 1.82) is 0 Å². The van der Waals surface area contributed by atoms with Gasteiger partial charge in [0.2, 0.25) is 7.37 Å². The van der Waals surface area contributed by atoms with Gasteiger partial charge < -0.3 is 14.7 Å². The summed E-state index contributed by atoms with van der Waals surface area (Å²) in [5.74, 6) is 0. The molecule has 1 saturated heterocycles. The van der Waals surface area contributed by atoms with Crippen LogP contribution in [0.2, 0.25) is 0 Å². The standard InChI is InChI=1S/C7H14ClO4P/c1-5(8)2-12-13(11)3-6(9)7(10)4-13/h5-7,9-10H,2-4H2,1H3. The largest absolute Gasteiger partial charge is 0.390 e. The van der Waals surface area contributed by atoms with Crippen LogP contribution in [0.5, 0.6) is 0 Å². The third-order valence-electron chi connectivity index (χ3n) is 1.91. The number of hydrogen-bond donors (Lipinski definition) is 2. The second-order valence-corrected chi connectivity index (χ2v) is 6.75. The summed E-state index contributed by atoms with van der Waals surface area (Å²) in [7, 11) is -2.82. The average Bonchev–Trinajstić information content (AvgIpc) is 2.24. The molecule has 1 heterocycles. The van der Waals surface area contributed by atoms with Crippen molar-refractivity contribution < 1.29 is 19.3 Å². The summed E-state index contributed by atoms with van der Waals surface area (Å²) in [6, 6.07) is 0. The van der Waals surface area contributed by atoms with Crippen molar-refractivity contribution in [3.8, 4) is 0 Å². The lowest BCUT2D eigenvalue weighted by atomic mass is 10.3. The van der Waals surface area contributed by atoms with Gasteiger partial charge in [0.05, 0.1) is 36.5 Å². The van der Waals surface area contributed by atoms with E-state index in [0.717, 1.165) is 0 Å². The lowest BCUT2D eigenvalue weighted by molar-refractivity contribution is 0.0572. The topological polar surface area (TPSA) is 66.8 Å². The Hall–Kier alpha value is 0.400. The summed E-state index contributed by atoms with van der Waals surface area (Å²) in [5.41, 5.74) is 0. The van der Waals surface area contributed by atoms with E-state index >= 15 is 0 Å². The molecule has 0 amide bonds. The number of rotatable bonds is 3. The van der Waals surface area contributed by atoms with Crippen molar-refractivity contribution in [3.63, 3.8) is 0 Å². The molecule has 1 rings (SSSR count). The van der Waals surface area contributed by atoms with Gasteiger partial charge in [0.1, 0.15) is 0 Å². The highest BCUT2D eigenvalue weighted by Crippen LogP contribution is 2.53. The molecule has 0 aliphatic carbocycles. The van der Waals surface area contributed by atoms with Crippen molar-refractivity contribution >= 4 is 19.0 Å². The fourth-order valence-corrected chi connectivity index (χ4v) is 3.86. The molecule has 0 aromatic carbocycles. The molecule has 78 valence electrons. The van der Waals surface area contributed by atoms with Gasteiger partial charge >= 0.3 is 0 Å². The van der Waals surface area contributed by atoms with E-state index < -0.39 is 19.6 Å². The Balaban J connectivity index is 2.45. The Morgan fingerprint density at radius 1 is 1.54 bits per heavy atom. The van der Waals surface area contributed by atoms with E-state index in [1.165, 1.54) is 0 Å². The molecule has 0 aromatic heterocycles. The summed E-state index contributed by atoms with van der Waals surface area (Å²) in [6.07, 6.45) is -1.76. The van der Waals surface area contributed by atoms with Crippen LogP contribution in [0.25, 0.3) is 0 Å². The second-order valence-electron chi connectivity index (χ2n) is 3.39. The van der Waals surface area contributed by atoms with Crippen LogP contribution >= 0.6 is 19.0 Å². The van der Waals surface area contributed by atoms with Gasteiger partial charge in [-0.05, 0) is 6.92 Å². The highest BCUT2D eigenvalue weighted by Gasteiger charge is 2.41. The van der Waals surface area contributed by atoms with Crippen LogP contribution in [0.4, 0.5) is 0 Å². The Kier molecular flexibility index (Phi) is 3.78. The molecule has 1 aliphatic heterocycles. The highest BCUT2D eigenvalue weighted by atomic mass is 35.5. The zero-order valence-corrected chi connectivity index (χ0v) is 9.04. The predicted molar refractivity (Wildman–Crippen MR) is 50.6 cm³/mol. The lowest BCUT2D eigenvalue weighted by Gasteiger charge is -2.12. The molecule has 6 heteroatoms. The van der Waals surface area contributed by atoms with Gasteiger partial charge in [-0.2, -0.15) is 0 Å². The molecule has 0 radical (unpaired) electrons. The maximum absolute atomic E-state index is 11.7. The first-order chi connectivity index (χ1) is 5.93. The van der Waals surface area contributed by atoms with Gasteiger partial charge in [-0.1, -0.05) is 0 Å². The quantitative estimate of drug-likeness (QED) is 0.550. The number of aliphatic hydroxyl groups is 2. The average molecular weight is 229 g/mol. The molecule has 1 aliphatic rings. The van der Waals surface area contributed by atoms with Crippen LogP contribution in [0.15, 0.2) is 0 Å². The zero-order valence-electron chi connectivity index (χ0n) is 7.39. The van der Waals surface area contributed by atoms with E-state index in [0.29, 0.717) is 0 Å². The fraction of sp³-hybridized carbons (Fsp3) is 1.00. The van der Waals surface area contributed by atoms with Gasteiger partial charge in [0.15, 0.2) is 0 Å². The summed E-state index contributed by atoms with van der Waals surface area (Å²) in [5, 5.41) is 18.1. The Bertz CT molecular complexity index is 207. The first kappa shape index (κ1) is 11.5. The van der Waals surface area contributed by atoms with Crippen molar-refractivity contribution in [2.75, 3.05) is 18.9 Å². The molecule has 0 saturated carbocycles. The molecular weight excluding hydrogens is 214 g/mol. The minimum atomic E-state index is -2.82. The molecule has 2 N–H and O–H groups in total. The first-order valence-corrected chi connectivity index (χ1v) is 6.59. The molecular formula is C7H14ClO4P. The lowest BCUT2D eigenvalue weighted by Crippen LogP contribution is -2.22. The normalized spacial score (nSPS) is 42.2. The zero-order chi connectivity index (χ0) is 10.1. The summed E-state index contributed by atoms with van der Waals surface area (Å²) in [6.45, 7) is 1.93. The Morgan fingerprint density at radius 2 is 2.00 bits per heavy atom. The molecule has 4 nitrogen and oxygen atoms in total. The molecule has 13 heavy (non-hydrogen) atoms. The molecule has 3 unspecified atom stereocenters. The number of alkyl halides is 1. The molecule has 1 fully saturated rings. The molecule has 0 spiro atoms. The Morgan fingerprint density at radius 3 is 2.38 bits per heavy atom. The van der Waals surface area contributed by atoms with E-state index in [-0.39, 0.29) is 24.3 Å². The molecule has 3 atom stereocenters. The summed E-state index contributed by atoms with van der Waals surface area (Å²) in [4.78, 5) is 0. The Labute approximate surface area is 82.3 Å². The van der Waals surface area contributed by atoms with Gasteiger partial charge in [-0.3, -0.25) is 4.57 Å². The number of halogens is 1. The van der Waals surface area contributed by atoms with E-state index in [9.17, 15) is 4.57 Å². The van der Waals surface area contributed by atoms with Crippen LogP contribution < -0.4 is 0 Å². The van der Waals surface area contributed by atoms with E-state index in [1.807, 2.05) is 0 Å². The molecule has 0 aromatic rings. The third-order valence-corrected chi connectivity index (χ3v) is 4.52. The maximum Gasteiger partial charge on any atom is 0.208 e. The van der Waals surface area contributed by atoms with E-state index in [1.54, 1.807) is 6.92 Å². The van der Waals surface area contributed by atoms with Crippen LogP contribution in [0, 0.1) is 0 Å². The van der Waals surface area contributed by atoms with Gasteiger partial charge in [0, 0.05) is 0 Å². The van der Waals surface area contributed by atoms with Crippen molar-refractivity contribution in [2.45, 2.75) is 24.5 Å². The summed E-state index contributed by atoms with van der Waals surface area (Å²) < 4.78 is 16.8. The van der Waals surface area contributed by atoms with Crippen molar-refractivity contribution in [1.82, 2.24) is 0 Å². The van der Waals surface area contributed by atoms with Crippen LogP contribution in [0.3, 0.4) is 0 Å². The van der Waals surface area contributed by atoms with Crippen LogP contribution in [-0.2, 0) is 9.09 Å². The summed E-state index contributed by atoms with van der Waals surface area (Å²) >= 11 is 5.62. The van der Waals surface area contributed by atoms with Gasteiger partial charge in [-0.25, -0.2) is 0 Å². The van der Waals surface area contributed by atoms with Crippen LogP contribution in [0.1, 0.15) is 6.92 Å². The fourth-order valence-electron chi connectivity index (χ4n) is 1.23. The number of hydrogen-bond acceptors (Lipinski definition) is 4. The monoisotopic (exact) mass is 228 g/mol. The van der Waals surface area contributed by atoms with Gasteiger partial charge in [0.25, 0.3) is 0 Å². The number of aliphatic hydroxyl groups excluding tert-OH is 2. The first-order valence-electron chi connectivity index (χ1n) is 4.16. The van der Waals surface area contributed by atoms with Crippen molar-refractivity contribution in [3.05, 3.63) is 0 Å². The predicted octanol–water partition coefficient (Wildman–Crippen LogP) is 0.644. The van der Waals surface area contributed by atoms with Crippen LogP contribution in [-0.4, -0.2) is 46.7 Å². The minimum absolute atomic E-state index is 0.0395.